The smallest absolute Gasteiger partial charge is 0.407 e. The molecule has 0 bridgehead atoms. The second-order valence-corrected chi connectivity index (χ2v) is 9.87. The molecule has 212 valence electrons. The summed E-state index contributed by atoms with van der Waals surface area (Å²) in [5.74, 6) is 0. The van der Waals surface area contributed by atoms with Crippen LogP contribution < -0.4 is 5.32 Å². The number of aliphatic hydroxyl groups excluding tert-OH is 3. The van der Waals surface area contributed by atoms with E-state index in [2.05, 4.69) is 5.32 Å². The molecule has 1 fully saturated rings. The minimum absolute atomic E-state index is 0.00595. The van der Waals surface area contributed by atoms with E-state index in [1.165, 1.54) is 0 Å². The van der Waals surface area contributed by atoms with Crippen LogP contribution in [0.5, 0.6) is 0 Å². The number of hydrogen-bond donors (Lipinski definition) is 4. The van der Waals surface area contributed by atoms with Gasteiger partial charge in [0.05, 0.1) is 6.61 Å². The molecule has 5 rings (SSSR count). The summed E-state index contributed by atoms with van der Waals surface area (Å²) >= 11 is 0. The largest absolute Gasteiger partial charge is 0.445 e. The molecule has 0 aliphatic carbocycles. The average Bonchev–Trinajstić information content (AvgIpc) is 3.03. The van der Waals surface area contributed by atoms with Crippen LogP contribution in [-0.4, -0.2) is 58.7 Å². The Balaban J connectivity index is 1.34. The fraction of sp³-hybridized carbons (Fsp3) is 0.242. The molecule has 1 unspecified atom stereocenters. The summed E-state index contributed by atoms with van der Waals surface area (Å²) in [5, 5.41) is 35.0. The predicted octanol–water partition coefficient (Wildman–Crippen LogP) is 3.73. The van der Waals surface area contributed by atoms with E-state index in [-0.39, 0.29) is 13.2 Å². The number of rotatable bonds is 9. The highest BCUT2D eigenvalue weighted by molar-refractivity contribution is 5.67. The van der Waals surface area contributed by atoms with Gasteiger partial charge in [-0.2, -0.15) is 0 Å². The van der Waals surface area contributed by atoms with Crippen molar-refractivity contribution in [3.63, 3.8) is 0 Å². The highest BCUT2D eigenvalue weighted by atomic mass is 16.6. The first-order valence-electron chi connectivity index (χ1n) is 13.5. The molecular weight excluding hydrogens is 522 g/mol. The summed E-state index contributed by atoms with van der Waals surface area (Å²) in [6.07, 6.45) is -6.60. The molecule has 1 aliphatic heterocycles. The molecule has 41 heavy (non-hydrogen) atoms. The molecule has 1 aliphatic rings. The Hall–Kier alpha value is -4.05. The zero-order chi connectivity index (χ0) is 28.7. The maximum absolute atomic E-state index is 12.4. The van der Waals surface area contributed by atoms with Crippen LogP contribution in [0.3, 0.4) is 0 Å². The van der Waals surface area contributed by atoms with Gasteiger partial charge in [-0.1, -0.05) is 121 Å². The SMILES string of the molecule is O=C(N[C@@H]1C(O)O[C@@H](COC(c2ccccc2)(c2ccccc2)c2ccccc2)[C@H](O)[C@H]1O)OCc1ccccc1. The molecule has 0 radical (unpaired) electrons. The summed E-state index contributed by atoms with van der Waals surface area (Å²) in [7, 11) is 0. The molecule has 4 N–H and O–H groups in total. The standard InChI is InChI=1S/C33H33NO7/c35-29-27(41-31(37)28(30(29)36)34-32(38)39-21-23-13-5-1-6-14-23)22-40-33(24-15-7-2-8-16-24,25-17-9-3-10-18-25)26-19-11-4-12-20-26/h1-20,27-31,35-37H,21-22H2,(H,34,38)/t27-,28-,29-,30-,31?/m0/s1. The minimum Gasteiger partial charge on any atom is -0.445 e. The van der Waals surface area contributed by atoms with Crippen LogP contribution in [0.15, 0.2) is 121 Å². The lowest BCUT2D eigenvalue weighted by molar-refractivity contribution is -0.260. The Kier molecular flexibility index (Phi) is 9.08. The van der Waals surface area contributed by atoms with Gasteiger partial charge in [-0.3, -0.25) is 0 Å². The van der Waals surface area contributed by atoms with Gasteiger partial charge in [0, 0.05) is 0 Å². The topological polar surface area (TPSA) is 117 Å². The fourth-order valence-corrected chi connectivity index (χ4v) is 5.12. The number of aliphatic hydroxyl groups is 3. The lowest BCUT2D eigenvalue weighted by Crippen LogP contribution is -2.64. The van der Waals surface area contributed by atoms with Gasteiger partial charge in [-0.15, -0.1) is 0 Å². The van der Waals surface area contributed by atoms with E-state index in [4.69, 9.17) is 14.2 Å². The maximum atomic E-state index is 12.4. The minimum atomic E-state index is -1.62. The van der Waals surface area contributed by atoms with E-state index in [9.17, 15) is 20.1 Å². The number of benzene rings is 4. The summed E-state index contributed by atoms with van der Waals surface area (Å²) in [6, 6.07) is 36.8. The first-order valence-corrected chi connectivity index (χ1v) is 13.5. The van der Waals surface area contributed by atoms with E-state index in [1.54, 1.807) is 12.1 Å². The zero-order valence-electron chi connectivity index (χ0n) is 22.3. The van der Waals surface area contributed by atoms with Crippen LogP contribution >= 0.6 is 0 Å². The molecule has 0 saturated carbocycles. The molecule has 8 nitrogen and oxygen atoms in total. The normalized spacial score (nSPS) is 22.6. The number of carbonyl (C=O) groups excluding carboxylic acids is 1. The van der Waals surface area contributed by atoms with Crippen LogP contribution in [0, 0.1) is 0 Å². The van der Waals surface area contributed by atoms with Crippen LogP contribution in [0.25, 0.3) is 0 Å². The molecule has 0 spiro atoms. The molecule has 1 saturated heterocycles. The Labute approximate surface area is 238 Å². The first kappa shape index (κ1) is 28.5. The van der Waals surface area contributed by atoms with E-state index in [1.807, 2.05) is 109 Å². The van der Waals surface area contributed by atoms with Gasteiger partial charge in [0.25, 0.3) is 0 Å². The summed E-state index contributed by atoms with van der Waals surface area (Å²) in [6.45, 7) is -0.175. The quantitative estimate of drug-likeness (QED) is 0.233. The fourth-order valence-electron chi connectivity index (χ4n) is 5.12. The van der Waals surface area contributed by atoms with Gasteiger partial charge in [-0.25, -0.2) is 4.79 Å². The van der Waals surface area contributed by atoms with Crippen molar-refractivity contribution in [3.8, 4) is 0 Å². The van der Waals surface area contributed by atoms with Crippen molar-refractivity contribution in [1.82, 2.24) is 5.32 Å². The number of carbonyl (C=O) groups is 1. The van der Waals surface area contributed by atoms with E-state index >= 15 is 0 Å². The third-order valence-electron chi connectivity index (χ3n) is 7.22. The molecule has 0 aromatic heterocycles. The number of ether oxygens (including phenoxy) is 3. The van der Waals surface area contributed by atoms with E-state index in [0.717, 1.165) is 22.3 Å². The van der Waals surface area contributed by atoms with Gasteiger partial charge < -0.3 is 34.8 Å². The number of alkyl carbamates (subject to hydrolysis) is 1. The zero-order valence-corrected chi connectivity index (χ0v) is 22.3. The van der Waals surface area contributed by atoms with E-state index in [0.29, 0.717) is 0 Å². The Morgan fingerprint density at radius 3 is 1.66 bits per heavy atom. The average molecular weight is 556 g/mol. The van der Waals surface area contributed by atoms with Crippen molar-refractivity contribution < 1.29 is 34.3 Å². The first-order chi connectivity index (χ1) is 20.0. The van der Waals surface area contributed by atoms with Gasteiger partial charge >= 0.3 is 6.09 Å². The van der Waals surface area contributed by atoms with Gasteiger partial charge in [0.15, 0.2) is 6.29 Å². The Morgan fingerprint density at radius 1 is 0.707 bits per heavy atom. The molecule has 8 heteroatoms. The molecule has 4 aromatic carbocycles. The number of nitrogens with one attached hydrogen (secondary N) is 1. The van der Waals surface area contributed by atoms with Crippen molar-refractivity contribution in [2.24, 2.45) is 0 Å². The van der Waals surface area contributed by atoms with Crippen LogP contribution in [0.4, 0.5) is 4.79 Å². The maximum Gasteiger partial charge on any atom is 0.407 e. The van der Waals surface area contributed by atoms with Gasteiger partial charge in [-0.05, 0) is 22.3 Å². The summed E-state index contributed by atoms with van der Waals surface area (Å²) < 4.78 is 17.6. The molecule has 1 heterocycles. The monoisotopic (exact) mass is 555 g/mol. The van der Waals surface area contributed by atoms with Gasteiger partial charge in [0.1, 0.15) is 36.6 Å². The second kappa shape index (κ2) is 13.1. The van der Waals surface area contributed by atoms with E-state index < -0.39 is 42.3 Å². The lowest BCUT2D eigenvalue weighted by Gasteiger charge is -2.42. The van der Waals surface area contributed by atoms with Gasteiger partial charge in [0.2, 0.25) is 0 Å². The van der Waals surface area contributed by atoms with Crippen LogP contribution in [0.1, 0.15) is 22.3 Å². The highest BCUT2D eigenvalue weighted by Gasteiger charge is 2.47. The predicted molar refractivity (Wildman–Crippen MR) is 152 cm³/mol. The highest BCUT2D eigenvalue weighted by Crippen LogP contribution is 2.41. The Bertz CT molecular complexity index is 1280. The lowest BCUT2D eigenvalue weighted by atomic mass is 9.80. The van der Waals surface area contributed by atoms with Crippen LogP contribution in [0.2, 0.25) is 0 Å². The number of hydrogen-bond acceptors (Lipinski definition) is 7. The van der Waals surface area contributed by atoms with Crippen molar-refractivity contribution in [3.05, 3.63) is 144 Å². The Morgan fingerprint density at radius 2 is 1.17 bits per heavy atom. The van der Waals surface area contributed by atoms with Crippen molar-refractivity contribution in [2.45, 2.75) is 42.9 Å². The molecule has 1 amide bonds. The third-order valence-corrected chi connectivity index (χ3v) is 7.22. The molecule has 4 aromatic rings. The third kappa shape index (κ3) is 6.32. The second-order valence-electron chi connectivity index (χ2n) is 9.87. The molecular formula is C33H33NO7. The van der Waals surface area contributed by atoms with Crippen molar-refractivity contribution in [1.29, 1.82) is 0 Å². The molecule has 5 atom stereocenters. The van der Waals surface area contributed by atoms with Crippen LogP contribution in [-0.2, 0) is 26.4 Å². The summed E-state index contributed by atoms with van der Waals surface area (Å²) in [4.78, 5) is 12.4. The van der Waals surface area contributed by atoms with Crippen molar-refractivity contribution >= 4 is 6.09 Å². The summed E-state index contributed by atoms with van der Waals surface area (Å²) in [5.41, 5.74) is 2.25. The van der Waals surface area contributed by atoms with Crippen molar-refractivity contribution in [2.75, 3.05) is 6.61 Å². The number of amides is 1.